The first kappa shape index (κ1) is 15.7. The van der Waals surface area contributed by atoms with Crippen molar-refractivity contribution >= 4 is 16.8 Å². The van der Waals surface area contributed by atoms with Crippen molar-refractivity contribution in [1.29, 1.82) is 0 Å². The molecule has 5 heteroatoms. The molecular formula is C20H19FN2O2. The van der Waals surface area contributed by atoms with Crippen molar-refractivity contribution in [3.8, 4) is 5.75 Å². The molecule has 1 aliphatic heterocycles. The van der Waals surface area contributed by atoms with Gasteiger partial charge in [-0.3, -0.25) is 4.79 Å². The Morgan fingerprint density at radius 3 is 2.80 bits per heavy atom. The summed E-state index contributed by atoms with van der Waals surface area (Å²) in [7, 11) is 1.65. The van der Waals surface area contributed by atoms with E-state index in [0.29, 0.717) is 19.5 Å². The Labute approximate surface area is 145 Å². The molecule has 0 bridgehead atoms. The summed E-state index contributed by atoms with van der Waals surface area (Å²) in [6.07, 6.45) is 1.10. The van der Waals surface area contributed by atoms with Crippen LogP contribution in [0.5, 0.6) is 5.75 Å². The van der Waals surface area contributed by atoms with E-state index >= 15 is 0 Å². The highest BCUT2D eigenvalue weighted by atomic mass is 19.1. The first-order valence-electron chi connectivity index (χ1n) is 8.34. The molecule has 0 saturated carbocycles. The van der Waals surface area contributed by atoms with Crippen molar-refractivity contribution < 1.29 is 13.9 Å². The lowest BCUT2D eigenvalue weighted by molar-refractivity contribution is -0.131. The van der Waals surface area contributed by atoms with Gasteiger partial charge in [-0.1, -0.05) is 12.1 Å². The molecule has 0 aliphatic carbocycles. The molecule has 0 unspecified atom stereocenters. The van der Waals surface area contributed by atoms with Crippen molar-refractivity contribution in [2.24, 2.45) is 0 Å². The van der Waals surface area contributed by atoms with Crippen LogP contribution in [0.25, 0.3) is 10.9 Å². The smallest absolute Gasteiger partial charge is 0.227 e. The monoisotopic (exact) mass is 338 g/mol. The number of benzene rings is 2. The van der Waals surface area contributed by atoms with Crippen LogP contribution in [0.4, 0.5) is 4.39 Å². The number of nitrogens with one attached hydrogen (secondary N) is 1. The highest BCUT2D eigenvalue weighted by molar-refractivity contribution is 5.87. The fourth-order valence-corrected chi connectivity index (χ4v) is 3.42. The Kier molecular flexibility index (Phi) is 3.92. The number of aromatic amines is 1. The summed E-state index contributed by atoms with van der Waals surface area (Å²) in [4.78, 5) is 18.0. The summed E-state index contributed by atoms with van der Waals surface area (Å²) in [5, 5.41) is 1.11. The van der Waals surface area contributed by atoms with Crippen LogP contribution in [0.2, 0.25) is 0 Å². The van der Waals surface area contributed by atoms with E-state index in [2.05, 4.69) is 4.98 Å². The average Bonchev–Trinajstić information content (AvgIpc) is 3.00. The minimum atomic E-state index is -0.286. The summed E-state index contributed by atoms with van der Waals surface area (Å²) in [5.41, 5.74) is 4.25. The van der Waals surface area contributed by atoms with Gasteiger partial charge in [0.1, 0.15) is 11.6 Å². The fourth-order valence-electron chi connectivity index (χ4n) is 3.42. The Balaban J connectivity index is 1.57. The Morgan fingerprint density at radius 2 is 2.04 bits per heavy atom. The third-order valence-corrected chi connectivity index (χ3v) is 4.80. The van der Waals surface area contributed by atoms with E-state index in [1.807, 2.05) is 23.1 Å². The maximum atomic E-state index is 13.0. The Hall–Kier alpha value is -2.82. The number of ether oxygens (including phenoxy) is 1. The zero-order chi connectivity index (χ0) is 17.4. The largest absolute Gasteiger partial charge is 0.497 e. The molecule has 0 radical (unpaired) electrons. The van der Waals surface area contributed by atoms with Gasteiger partial charge in [0, 0.05) is 41.7 Å². The van der Waals surface area contributed by atoms with Gasteiger partial charge in [-0.25, -0.2) is 4.39 Å². The number of H-pyrrole nitrogens is 1. The molecule has 0 atom stereocenters. The zero-order valence-electron chi connectivity index (χ0n) is 14.0. The first-order valence-corrected chi connectivity index (χ1v) is 8.34. The second-order valence-corrected chi connectivity index (χ2v) is 6.36. The van der Waals surface area contributed by atoms with E-state index in [9.17, 15) is 9.18 Å². The maximum Gasteiger partial charge on any atom is 0.227 e. The highest BCUT2D eigenvalue weighted by Crippen LogP contribution is 2.30. The Morgan fingerprint density at radius 1 is 1.24 bits per heavy atom. The predicted molar refractivity (Wildman–Crippen MR) is 94.1 cm³/mol. The van der Waals surface area contributed by atoms with E-state index in [0.717, 1.165) is 34.2 Å². The van der Waals surface area contributed by atoms with E-state index in [1.54, 1.807) is 19.2 Å². The number of aromatic nitrogens is 1. The second kappa shape index (κ2) is 6.24. The molecular weight excluding hydrogens is 319 g/mol. The number of carbonyl (C=O) groups is 1. The van der Waals surface area contributed by atoms with Gasteiger partial charge in [-0.2, -0.15) is 0 Å². The number of rotatable bonds is 3. The van der Waals surface area contributed by atoms with Crippen LogP contribution in [-0.2, 0) is 24.2 Å². The van der Waals surface area contributed by atoms with Gasteiger partial charge >= 0.3 is 0 Å². The Bertz CT molecular complexity index is 931. The van der Waals surface area contributed by atoms with Gasteiger partial charge in [0.05, 0.1) is 13.5 Å². The van der Waals surface area contributed by atoms with Crippen LogP contribution in [0.3, 0.4) is 0 Å². The van der Waals surface area contributed by atoms with Crippen LogP contribution in [-0.4, -0.2) is 29.4 Å². The minimum Gasteiger partial charge on any atom is -0.497 e. The molecule has 1 aliphatic rings. The summed E-state index contributed by atoms with van der Waals surface area (Å²) in [6, 6.07) is 12.1. The SMILES string of the molecule is COc1ccc2[nH]c3c(c2c1)CN(C(=O)Cc1ccc(F)cc1)CC3. The fraction of sp³-hybridized carbons (Fsp3) is 0.250. The predicted octanol–water partition coefficient (Wildman–Crippen LogP) is 3.44. The number of halogens is 1. The van der Waals surface area contributed by atoms with E-state index in [1.165, 1.54) is 17.8 Å². The number of hydrogen-bond acceptors (Lipinski definition) is 2. The van der Waals surface area contributed by atoms with Crippen LogP contribution in [0.15, 0.2) is 42.5 Å². The van der Waals surface area contributed by atoms with Gasteiger partial charge in [-0.05, 0) is 35.9 Å². The lowest BCUT2D eigenvalue weighted by Gasteiger charge is -2.27. The number of amides is 1. The van der Waals surface area contributed by atoms with Crippen LogP contribution in [0, 0.1) is 5.82 Å². The van der Waals surface area contributed by atoms with E-state index in [-0.39, 0.29) is 11.7 Å². The third kappa shape index (κ3) is 2.97. The molecule has 2 aromatic carbocycles. The number of fused-ring (bicyclic) bond motifs is 3. The summed E-state index contributed by atoms with van der Waals surface area (Å²) < 4.78 is 18.3. The second-order valence-electron chi connectivity index (χ2n) is 6.36. The number of nitrogens with zero attached hydrogens (tertiary/aromatic N) is 1. The molecule has 4 nitrogen and oxygen atoms in total. The summed E-state index contributed by atoms with van der Waals surface area (Å²) >= 11 is 0. The minimum absolute atomic E-state index is 0.0644. The molecule has 1 N–H and O–H groups in total. The van der Waals surface area contributed by atoms with Gasteiger partial charge in [0.25, 0.3) is 0 Å². The average molecular weight is 338 g/mol. The molecule has 128 valence electrons. The quantitative estimate of drug-likeness (QED) is 0.795. The van der Waals surface area contributed by atoms with Crippen molar-refractivity contribution in [1.82, 2.24) is 9.88 Å². The lowest BCUT2D eigenvalue weighted by atomic mass is 10.0. The molecule has 0 saturated heterocycles. The van der Waals surface area contributed by atoms with Crippen molar-refractivity contribution in [3.63, 3.8) is 0 Å². The lowest BCUT2D eigenvalue weighted by Crippen LogP contribution is -2.36. The molecule has 0 spiro atoms. The van der Waals surface area contributed by atoms with Crippen molar-refractivity contribution in [3.05, 3.63) is 65.1 Å². The molecule has 3 aromatic rings. The molecule has 1 aromatic heterocycles. The van der Waals surface area contributed by atoms with Gasteiger partial charge in [0.2, 0.25) is 5.91 Å². The van der Waals surface area contributed by atoms with Crippen molar-refractivity contribution in [2.45, 2.75) is 19.4 Å². The topological polar surface area (TPSA) is 45.3 Å². The summed E-state index contributed by atoms with van der Waals surface area (Å²) in [5.74, 6) is 0.588. The van der Waals surface area contributed by atoms with Gasteiger partial charge in [0.15, 0.2) is 0 Å². The third-order valence-electron chi connectivity index (χ3n) is 4.80. The normalized spacial score (nSPS) is 13.8. The van der Waals surface area contributed by atoms with E-state index < -0.39 is 0 Å². The summed E-state index contributed by atoms with van der Waals surface area (Å²) in [6.45, 7) is 1.28. The number of carbonyl (C=O) groups excluding carboxylic acids is 1. The van der Waals surface area contributed by atoms with Crippen LogP contribution >= 0.6 is 0 Å². The first-order chi connectivity index (χ1) is 12.1. The number of hydrogen-bond donors (Lipinski definition) is 1. The molecule has 2 heterocycles. The van der Waals surface area contributed by atoms with Crippen LogP contribution in [0.1, 0.15) is 16.8 Å². The molecule has 1 amide bonds. The highest BCUT2D eigenvalue weighted by Gasteiger charge is 2.24. The van der Waals surface area contributed by atoms with Gasteiger partial charge in [-0.15, -0.1) is 0 Å². The molecule has 25 heavy (non-hydrogen) atoms. The molecule has 0 fully saturated rings. The van der Waals surface area contributed by atoms with Crippen molar-refractivity contribution in [2.75, 3.05) is 13.7 Å². The number of methoxy groups -OCH3 is 1. The van der Waals surface area contributed by atoms with Crippen LogP contribution < -0.4 is 4.74 Å². The van der Waals surface area contributed by atoms with Gasteiger partial charge < -0.3 is 14.6 Å². The maximum absolute atomic E-state index is 13.0. The zero-order valence-corrected chi connectivity index (χ0v) is 14.0. The molecule has 4 rings (SSSR count). The standard InChI is InChI=1S/C20H19FN2O2/c1-25-15-6-7-18-16(11-15)17-12-23(9-8-19(17)22-18)20(24)10-13-2-4-14(21)5-3-13/h2-7,11,22H,8-10,12H2,1H3. The van der Waals surface area contributed by atoms with E-state index in [4.69, 9.17) is 4.74 Å².